The van der Waals surface area contributed by atoms with Crippen LogP contribution in [0, 0.1) is 5.82 Å². The van der Waals surface area contributed by atoms with Gasteiger partial charge >= 0.3 is 6.09 Å². The summed E-state index contributed by atoms with van der Waals surface area (Å²) in [6, 6.07) is 15.0. The summed E-state index contributed by atoms with van der Waals surface area (Å²) >= 11 is 0. The summed E-state index contributed by atoms with van der Waals surface area (Å²) in [4.78, 5) is 24.8. The van der Waals surface area contributed by atoms with E-state index >= 15 is 0 Å². The molecule has 2 aromatic rings. The zero-order valence-electron chi connectivity index (χ0n) is 17.6. The van der Waals surface area contributed by atoms with E-state index in [1.54, 1.807) is 39.0 Å². The number of benzene rings is 2. The molecule has 7 heteroatoms. The number of carbonyl (C=O) groups excluding carboxylic acids is 2. The number of carbonyl (C=O) groups is 2. The second-order valence-electron chi connectivity index (χ2n) is 7.21. The molecule has 6 nitrogen and oxygen atoms in total. The van der Waals surface area contributed by atoms with Gasteiger partial charge in [0.25, 0.3) is 0 Å². The minimum absolute atomic E-state index is 0.225. The van der Waals surface area contributed by atoms with E-state index in [4.69, 9.17) is 9.47 Å². The van der Waals surface area contributed by atoms with Crippen molar-refractivity contribution >= 4 is 12.0 Å². The average Bonchev–Trinajstić information content (AvgIpc) is 2.72. The van der Waals surface area contributed by atoms with Crippen molar-refractivity contribution in [1.29, 1.82) is 0 Å². The SMILES string of the molecule is CC(C)OC(=O)N[C@H](C(=O)NCCc1ccccc1F)[C@@H](C)OCc1ccccc1. The number of nitrogens with one attached hydrogen (secondary N) is 2. The van der Waals surface area contributed by atoms with E-state index in [1.165, 1.54) is 6.07 Å². The Labute approximate surface area is 176 Å². The summed E-state index contributed by atoms with van der Waals surface area (Å²) < 4.78 is 24.7. The number of hydrogen-bond donors (Lipinski definition) is 2. The van der Waals surface area contributed by atoms with Crippen LogP contribution in [0.3, 0.4) is 0 Å². The van der Waals surface area contributed by atoms with E-state index in [0.717, 1.165) is 5.56 Å². The highest BCUT2D eigenvalue weighted by Gasteiger charge is 2.28. The molecule has 2 rings (SSSR count). The maximum Gasteiger partial charge on any atom is 0.408 e. The van der Waals surface area contributed by atoms with Crippen molar-refractivity contribution in [3.8, 4) is 0 Å². The number of halogens is 1. The predicted molar refractivity (Wildman–Crippen MR) is 112 cm³/mol. The molecule has 0 spiro atoms. The monoisotopic (exact) mass is 416 g/mol. The van der Waals surface area contributed by atoms with E-state index in [1.807, 2.05) is 30.3 Å². The second-order valence-corrected chi connectivity index (χ2v) is 7.21. The third kappa shape index (κ3) is 7.83. The van der Waals surface area contributed by atoms with Gasteiger partial charge in [-0.15, -0.1) is 0 Å². The molecule has 0 bridgehead atoms. The van der Waals surface area contributed by atoms with Crippen LogP contribution in [-0.2, 0) is 27.3 Å². The highest BCUT2D eigenvalue weighted by molar-refractivity contribution is 5.86. The fourth-order valence-corrected chi connectivity index (χ4v) is 2.80. The number of ether oxygens (including phenoxy) is 2. The van der Waals surface area contributed by atoms with Gasteiger partial charge < -0.3 is 20.1 Å². The maximum atomic E-state index is 13.7. The smallest absolute Gasteiger partial charge is 0.408 e. The Kier molecular flexibility index (Phi) is 9.28. The Morgan fingerprint density at radius 2 is 1.67 bits per heavy atom. The summed E-state index contributed by atoms with van der Waals surface area (Å²) in [5.74, 6) is -0.742. The molecule has 0 aliphatic carbocycles. The highest BCUT2D eigenvalue weighted by Crippen LogP contribution is 2.09. The third-order valence-electron chi connectivity index (χ3n) is 4.38. The van der Waals surface area contributed by atoms with Gasteiger partial charge in [0.05, 0.1) is 18.8 Å². The van der Waals surface area contributed by atoms with Crippen LogP contribution < -0.4 is 10.6 Å². The Morgan fingerprint density at radius 3 is 2.33 bits per heavy atom. The lowest BCUT2D eigenvalue weighted by Gasteiger charge is -2.25. The van der Waals surface area contributed by atoms with Crippen LogP contribution in [0.4, 0.5) is 9.18 Å². The van der Waals surface area contributed by atoms with Gasteiger partial charge in [-0.05, 0) is 44.4 Å². The van der Waals surface area contributed by atoms with Crippen molar-refractivity contribution in [2.75, 3.05) is 6.54 Å². The van der Waals surface area contributed by atoms with Crippen LogP contribution in [0.25, 0.3) is 0 Å². The van der Waals surface area contributed by atoms with Crippen LogP contribution in [0.5, 0.6) is 0 Å². The van der Waals surface area contributed by atoms with Gasteiger partial charge in [-0.1, -0.05) is 48.5 Å². The first-order valence-corrected chi connectivity index (χ1v) is 10.0. The van der Waals surface area contributed by atoms with E-state index in [0.29, 0.717) is 18.6 Å². The zero-order chi connectivity index (χ0) is 21.9. The molecule has 0 saturated carbocycles. The van der Waals surface area contributed by atoms with Gasteiger partial charge in [-0.25, -0.2) is 9.18 Å². The maximum absolute atomic E-state index is 13.7. The summed E-state index contributed by atoms with van der Waals surface area (Å²) in [6.07, 6.45) is -1.30. The van der Waals surface area contributed by atoms with E-state index in [2.05, 4.69) is 10.6 Å². The molecule has 0 heterocycles. The topological polar surface area (TPSA) is 76.7 Å². The quantitative estimate of drug-likeness (QED) is 0.621. The Balaban J connectivity index is 1.96. The summed E-state index contributed by atoms with van der Waals surface area (Å²) in [5.41, 5.74) is 1.46. The molecule has 0 radical (unpaired) electrons. The molecule has 2 aromatic carbocycles. The molecule has 0 unspecified atom stereocenters. The average molecular weight is 416 g/mol. The second kappa shape index (κ2) is 11.9. The van der Waals surface area contributed by atoms with Crippen molar-refractivity contribution in [3.63, 3.8) is 0 Å². The molecular weight excluding hydrogens is 387 g/mol. The van der Waals surface area contributed by atoms with Gasteiger partial charge in [0.2, 0.25) is 5.91 Å². The first-order valence-electron chi connectivity index (χ1n) is 10.0. The van der Waals surface area contributed by atoms with Crippen LogP contribution >= 0.6 is 0 Å². The summed E-state index contributed by atoms with van der Waals surface area (Å²) in [6.45, 7) is 5.67. The van der Waals surface area contributed by atoms with Crippen LogP contribution in [0.1, 0.15) is 31.9 Å². The number of alkyl carbamates (subject to hydrolysis) is 1. The minimum Gasteiger partial charge on any atom is -0.447 e. The van der Waals surface area contributed by atoms with Gasteiger partial charge in [0, 0.05) is 6.54 Å². The molecule has 0 saturated heterocycles. The Hall–Kier alpha value is -2.93. The third-order valence-corrected chi connectivity index (χ3v) is 4.38. The molecule has 2 atom stereocenters. The summed E-state index contributed by atoms with van der Waals surface area (Å²) in [5, 5.41) is 5.31. The fraction of sp³-hybridized carbons (Fsp3) is 0.391. The highest BCUT2D eigenvalue weighted by atomic mass is 19.1. The van der Waals surface area contributed by atoms with Gasteiger partial charge in [0.15, 0.2) is 0 Å². The van der Waals surface area contributed by atoms with Gasteiger partial charge in [-0.2, -0.15) is 0 Å². The summed E-state index contributed by atoms with van der Waals surface area (Å²) in [7, 11) is 0. The molecule has 2 N–H and O–H groups in total. The standard InChI is InChI=1S/C23H29FN2O4/c1-16(2)30-23(28)26-21(17(3)29-15-18-9-5-4-6-10-18)22(27)25-14-13-19-11-7-8-12-20(19)24/h4-12,16-17,21H,13-15H2,1-3H3,(H,25,27)(H,26,28)/t17-,21+/m1/s1. The Morgan fingerprint density at radius 1 is 1.00 bits per heavy atom. The fourth-order valence-electron chi connectivity index (χ4n) is 2.80. The Bertz CT molecular complexity index is 814. The van der Waals surface area contributed by atoms with Crippen molar-refractivity contribution < 1.29 is 23.5 Å². The predicted octanol–water partition coefficient (Wildman–Crippen LogP) is 3.59. The van der Waals surface area contributed by atoms with Crippen molar-refractivity contribution in [3.05, 3.63) is 71.5 Å². The van der Waals surface area contributed by atoms with Gasteiger partial charge in [0.1, 0.15) is 11.9 Å². The molecule has 0 fully saturated rings. The zero-order valence-corrected chi connectivity index (χ0v) is 17.6. The lowest BCUT2D eigenvalue weighted by Crippen LogP contribution is -2.53. The number of hydrogen-bond acceptors (Lipinski definition) is 4. The lowest BCUT2D eigenvalue weighted by atomic mass is 10.1. The molecule has 0 aliphatic rings. The molecule has 30 heavy (non-hydrogen) atoms. The van der Waals surface area contributed by atoms with Crippen LogP contribution in [0.15, 0.2) is 54.6 Å². The molecule has 0 aliphatic heterocycles. The van der Waals surface area contributed by atoms with Crippen molar-refractivity contribution in [1.82, 2.24) is 10.6 Å². The molecule has 2 amide bonds. The van der Waals surface area contributed by atoms with E-state index in [9.17, 15) is 14.0 Å². The first kappa shape index (κ1) is 23.3. The van der Waals surface area contributed by atoms with Crippen LogP contribution in [-0.4, -0.2) is 36.8 Å². The van der Waals surface area contributed by atoms with Gasteiger partial charge in [-0.3, -0.25) is 4.79 Å². The van der Waals surface area contributed by atoms with Crippen molar-refractivity contribution in [2.24, 2.45) is 0 Å². The number of rotatable bonds is 10. The lowest BCUT2D eigenvalue weighted by molar-refractivity contribution is -0.127. The molecule has 162 valence electrons. The normalized spacial score (nSPS) is 12.8. The largest absolute Gasteiger partial charge is 0.447 e. The molecular formula is C23H29FN2O4. The van der Waals surface area contributed by atoms with E-state index in [-0.39, 0.29) is 18.5 Å². The first-order chi connectivity index (χ1) is 14.4. The van der Waals surface area contributed by atoms with Crippen molar-refractivity contribution in [2.45, 2.75) is 52.0 Å². The minimum atomic E-state index is -0.958. The van der Waals surface area contributed by atoms with E-state index < -0.39 is 24.1 Å². The van der Waals surface area contributed by atoms with Crippen LogP contribution in [0.2, 0.25) is 0 Å². The number of amides is 2. The molecule has 0 aromatic heterocycles.